The van der Waals surface area contributed by atoms with E-state index in [-0.39, 0.29) is 6.61 Å². The van der Waals surface area contributed by atoms with Crippen LogP contribution in [0.25, 0.3) is 11.2 Å². The molecule has 2 heterocycles. The molecule has 7 heteroatoms. The van der Waals surface area contributed by atoms with Crippen LogP contribution in [0.1, 0.15) is 22.3 Å². The third-order valence-corrected chi connectivity index (χ3v) is 5.41. The lowest BCUT2D eigenvalue weighted by molar-refractivity contribution is 0.0926. The molecule has 0 aliphatic heterocycles. The summed E-state index contributed by atoms with van der Waals surface area (Å²) in [4.78, 5) is 13.2. The maximum absolute atomic E-state index is 10.6. The van der Waals surface area contributed by atoms with Gasteiger partial charge in [0, 0.05) is 6.54 Å². The molecule has 0 spiro atoms. The summed E-state index contributed by atoms with van der Waals surface area (Å²) in [5, 5.41) is 13.9. The molecule has 1 atom stereocenters. The zero-order valence-electron chi connectivity index (χ0n) is 18.0. The van der Waals surface area contributed by atoms with Crippen molar-refractivity contribution in [1.29, 1.82) is 0 Å². The van der Waals surface area contributed by atoms with Crippen molar-refractivity contribution < 1.29 is 9.84 Å². The van der Waals surface area contributed by atoms with Crippen molar-refractivity contribution in [3.63, 3.8) is 0 Å². The van der Waals surface area contributed by atoms with Gasteiger partial charge in [0.15, 0.2) is 11.5 Å². The number of hydrogen-bond acceptors (Lipinski definition) is 6. The summed E-state index contributed by atoms with van der Waals surface area (Å²) in [6, 6.07) is 14.2. The minimum absolute atomic E-state index is 0.189. The molecule has 0 fully saturated rings. The van der Waals surface area contributed by atoms with Crippen molar-refractivity contribution in [3.8, 4) is 5.75 Å². The number of anilines is 1. The minimum Gasteiger partial charge on any atom is -0.490 e. The SMILES string of the molecule is Cc1ccc(C)c(OC[C@@H](O)Cn2cnc3c(NCc4ccccc4)ncnc32)c1C. The number of fused-ring (bicyclic) bond motifs is 1. The highest BCUT2D eigenvalue weighted by atomic mass is 16.5. The second kappa shape index (κ2) is 9.14. The van der Waals surface area contributed by atoms with Gasteiger partial charge in [0.05, 0.1) is 12.9 Å². The van der Waals surface area contributed by atoms with Crippen LogP contribution in [0.4, 0.5) is 5.82 Å². The summed E-state index contributed by atoms with van der Waals surface area (Å²) < 4.78 is 7.78. The summed E-state index contributed by atoms with van der Waals surface area (Å²) in [6.07, 6.45) is 2.49. The van der Waals surface area contributed by atoms with E-state index in [1.807, 2.05) is 42.7 Å². The lowest BCUT2D eigenvalue weighted by Gasteiger charge is -2.17. The Hall–Kier alpha value is -3.45. The van der Waals surface area contributed by atoms with E-state index in [0.29, 0.717) is 30.1 Å². The van der Waals surface area contributed by atoms with Crippen molar-refractivity contribution in [2.24, 2.45) is 0 Å². The molecule has 0 radical (unpaired) electrons. The molecular formula is C24H27N5O2. The van der Waals surface area contributed by atoms with Crippen molar-refractivity contribution in [2.45, 2.75) is 40.0 Å². The number of nitrogens with one attached hydrogen (secondary N) is 1. The smallest absolute Gasteiger partial charge is 0.165 e. The monoisotopic (exact) mass is 417 g/mol. The first kappa shape index (κ1) is 20.8. The molecule has 0 unspecified atom stereocenters. The van der Waals surface area contributed by atoms with Crippen LogP contribution >= 0.6 is 0 Å². The Balaban J connectivity index is 1.43. The summed E-state index contributed by atoms with van der Waals surface area (Å²) in [5.41, 5.74) is 5.84. The van der Waals surface area contributed by atoms with Gasteiger partial charge in [0.2, 0.25) is 0 Å². The van der Waals surface area contributed by atoms with E-state index in [1.165, 1.54) is 11.9 Å². The summed E-state index contributed by atoms with van der Waals surface area (Å²) in [7, 11) is 0. The predicted molar refractivity (Wildman–Crippen MR) is 121 cm³/mol. The van der Waals surface area contributed by atoms with Crippen LogP contribution < -0.4 is 10.1 Å². The highest BCUT2D eigenvalue weighted by molar-refractivity contribution is 5.82. The van der Waals surface area contributed by atoms with Crippen LogP contribution in [0, 0.1) is 20.8 Å². The number of ether oxygens (including phenoxy) is 1. The average Bonchev–Trinajstić information content (AvgIpc) is 3.19. The third kappa shape index (κ3) is 4.67. The van der Waals surface area contributed by atoms with Gasteiger partial charge in [-0.05, 0) is 43.0 Å². The molecular weight excluding hydrogens is 390 g/mol. The fourth-order valence-electron chi connectivity index (χ4n) is 3.53. The Bertz CT molecular complexity index is 1170. The molecule has 0 aliphatic carbocycles. The van der Waals surface area contributed by atoms with Crippen LogP contribution in [0.15, 0.2) is 55.1 Å². The van der Waals surface area contributed by atoms with E-state index >= 15 is 0 Å². The largest absolute Gasteiger partial charge is 0.490 e. The number of aliphatic hydroxyl groups is 1. The highest BCUT2D eigenvalue weighted by Gasteiger charge is 2.15. The number of aromatic nitrogens is 4. The van der Waals surface area contributed by atoms with Gasteiger partial charge in [-0.15, -0.1) is 0 Å². The Kier molecular flexibility index (Phi) is 6.13. The van der Waals surface area contributed by atoms with E-state index in [9.17, 15) is 5.11 Å². The number of aliphatic hydroxyl groups excluding tert-OH is 1. The first-order chi connectivity index (χ1) is 15.0. The number of aryl methyl sites for hydroxylation is 2. The Morgan fingerprint density at radius 2 is 1.77 bits per heavy atom. The van der Waals surface area contributed by atoms with Crippen LogP contribution in [0.2, 0.25) is 0 Å². The molecule has 2 N–H and O–H groups in total. The Labute approximate surface area is 181 Å². The average molecular weight is 418 g/mol. The van der Waals surface area contributed by atoms with E-state index in [2.05, 4.69) is 45.4 Å². The predicted octanol–water partition coefficient (Wildman–Crippen LogP) is 3.80. The lowest BCUT2D eigenvalue weighted by atomic mass is 10.1. The lowest BCUT2D eigenvalue weighted by Crippen LogP contribution is -2.24. The van der Waals surface area contributed by atoms with Crippen LogP contribution in [-0.2, 0) is 13.1 Å². The van der Waals surface area contributed by atoms with E-state index in [1.54, 1.807) is 6.33 Å². The molecule has 0 saturated heterocycles. The molecule has 7 nitrogen and oxygen atoms in total. The second-order valence-corrected chi connectivity index (χ2v) is 7.75. The van der Waals surface area contributed by atoms with Crippen LogP contribution in [-0.4, -0.2) is 37.3 Å². The van der Waals surface area contributed by atoms with Crippen LogP contribution in [0.5, 0.6) is 5.75 Å². The van der Waals surface area contributed by atoms with E-state index < -0.39 is 6.10 Å². The van der Waals surface area contributed by atoms with E-state index in [4.69, 9.17) is 4.74 Å². The highest BCUT2D eigenvalue weighted by Crippen LogP contribution is 2.26. The Morgan fingerprint density at radius 3 is 2.58 bits per heavy atom. The topological polar surface area (TPSA) is 85.1 Å². The first-order valence-corrected chi connectivity index (χ1v) is 10.3. The van der Waals surface area contributed by atoms with Gasteiger partial charge in [0.1, 0.15) is 30.3 Å². The molecule has 0 saturated carbocycles. The molecule has 2 aromatic heterocycles. The molecule has 0 aliphatic rings. The fourth-order valence-corrected chi connectivity index (χ4v) is 3.53. The van der Waals surface area contributed by atoms with Crippen LogP contribution in [0.3, 0.4) is 0 Å². The van der Waals surface area contributed by atoms with Gasteiger partial charge in [-0.2, -0.15) is 0 Å². The number of imidazole rings is 1. The molecule has 160 valence electrons. The van der Waals surface area contributed by atoms with Gasteiger partial charge in [-0.25, -0.2) is 15.0 Å². The van der Waals surface area contributed by atoms with Gasteiger partial charge in [-0.1, -0.05) is 42.5 Å². The van der Waals surface area contributed by atoms with Gasteiger partial charge in [0.25, 0.3) is 0 Å². The number of nitrogens with zero attached hydrogens (tertiary/aromatic N) is 4. The van der Waals surface area contributed by atoms with Crippen molar-refractivity contribution in [2.75, 3.05) is 11.9 Å². The second-order valence-electron chi connectivity index (χ2n) is 7.75. The quantitative estimate of drug-likeness (QED) is 0.454. The molecule has 0 bridgehead atoms. The molecule has 4 aromatic rings. The molecule has 31 heavy (non-hydrogen) atoms. The molecule has 4 rings (SSSR count). The van der Waals surface area contributed by atoms with E-state index in [0.717, 1.165) is 22.4 Å². The van der Waals surface area contributed by atoms with Crippen molar-refractivity contribution >= 4 is 17.0 Å². The number of benzene rings is 2. The van der Waals surface area contributed by atoms with Gasteiger partial charge >= 0.3 is 0 Å². The maximum Gasteiger partial charge on any atom is 0.165 e. The fraction of sp³-hybridized carbons (Fsp3) is 0.292. The summed E-state index contributed by atoms with van der Waals surface area (Å²) >= 11 is 0. The first-order valence-electron chi connectivity index (χ1n) is 10.3. The van der Waals surface area contributed by atoms with Gasteiger partial charge in [-0.3, -0.25) is 0 Å². The third-order valence-electron chi connectivity index (χ3n) is 5.41. The minimum atomic E-state index is -0.701. The number of rotatable bonds is 8. The van der Waals surface area contributed by atoms with Gasteiger partial charge < -0.3 is 19.7 Å². The normalized spacial score (nSPS) is 12.1. The summed E-state index contributed by atoms with van der Waals surface area (Å²) in [5.74, 6) is 1.51. The standard InChI is InChI=1S/C24H27N5O2/c1-16-9-10-17(2)22(18(16)3)31-13-20(30)12-29-15-28-21-23(26-14-27-24(21)29)25-11-19-7-5-4-6-8-19/h4-10,14-15,20,30H,11-13H2,1-3H3,(H,25,26,27)/t20-/m0/s1. The zero-order chi connectivity index (χ0) is 21.8. The molecule has 2 aromatic carbocycles. The maximum atomic E-state index is 10.6. The molecule has 0 amide bonds. The van der Waals surface area contributed by atoms with Crippen molar-refractivity contribution in [1.82, 2.24) is 19.5 Å². The number of hydrogen-bond donors (Lipinski definition) is 2. The Morgan fingerprint density at radius 1 is 1.00 bits per heavy atom. The zero-order valence-corrected chi connectivity index (χ0v) is 18.0. The summed E-state index contributed by atoms with van der Waals surface area (Å²) in [6.45, 7) is 7.27. The van der Waals surface area contributed by atoms with Crippen molar-refractivity contribution in [3.05, 3.63) is 77.4 Å².